The first kappa shape index (κ1) is 13.8. The number of hydrogen-bond acceptors (Lipinski definition) is 4. The van der Waals surface area contributed by atoms with Gasteiger partial charge in [-0.2, -0.15) is 5.26 Å². The summed E-state index contributed by atoms with van der Waals surface area (Å²) in [6.07, 6.45) is 2.66. The number of nitriles is 1. The van der Waals surface area contributed by atoms with Crippen molar-refractivity contribution in [3.63, 3.8) is 0 Å². The SMILES string of the molecule is CCCNc1cc(Nc2cccc(F)c2C#N)ccn1. The van der Waals surface area contributed by atoms with E-state index in [1.807, 2.05) is 12.1 Å². The molecular formula is C15H15FN4. The Balaban J connectivity index is 2.22. The van der Waals surface area contributed by atoms with Gasteiger partial charge >= 0.3 is 0 Å². The zero-order valence-electron chi connectivity index (χ0n) is 11.2. The summed E-state index contributed by atoms with van der Waals surface area (Å²) in [5.41, 5.74) is 1.20. The highest BCUT2D eigenvalue weighted by Crippen LogP contribution is 2.23. The molecule has 0 amide bonds. The van der Waals surface area contributed by atoms with Gasteiger partial charge in [0.25, 0.3) is 0 Å². The summed E-state index contributed by atoms with van der Waals surface area (Å²) in [5.74, 6) is 0.211. The first-order chi connectivity index (χ1) is 9.74. The standard InChI is InChI=1S/C15H15FN4/c1-2-7-18-15-9-11(6-8-19-15)20-14-5-3-4-13(16)12(14)10-17/h3-6,8-9H,2,7H2,1H3,(H2,18,19,20). The van der Waals surface area contributed by atoms with E-state index in [2.05, 4.69) is 22.5 Å². The van der Waals surface area contributed by atoms with Crippen molar-refractivity contribution >= 4 is 17.2 Å². The molecule has 0 aliphatic carbocycles. The van der Waals surface area contributed by atoms with Crippen LogP contribution >= 0.6 is 0 Å². The Morgan fingerprint density at radius 2 is 2.20 bits per heavy atom. The molecule has 0 aliphatic heterocycles. The number of nitrogens with zero attached hydrogens (tertiary/aromatic N) is 2. The molecular weight excluding hydrogens is 255 g/mol. The van der Waals surface area contributed by atoms with Crippen molar-refractivity contribution in [1.29, 1.82) is 5.26 Å². The van der Waals surface area contributed by atoms with E-state index in [0.717, 1.165) is 24.5 Å². The van der Waals surface area contributed by atoms with Crippen LogP contribution in [0.4, 0.5) is 21.6 Å². The van der Waals surface area contributed by atoms with Gasteiger partial charge in [-0.05, 0) is 24.6 Å². The molecule has 0 unspecified atom stereocenters. The van der Waals surface area contributed by atoms with Crippen LogP contribution in [0.25, 0.3) is 0 Å². The van der Waals surface area contributed by atoms with E-state index >= 15 is 0 Å². The van der Waals surface area contributed by atoms with E-state index in [1.54, 1.807) is 24.4 Å². The second kappa shape index (κ2) is 6.53. The summed E-state index contributed by atoms with van der Waals surface area (Å²) in [6.45, 7) is 2.90. The van der Waals surface area contributed by atoms with Crippen molar-refractivity contribution in [2.75, 3.05) is 17.2 Å². The van der Waals surface area contributed by atoms with Crippen molar-refractivity contribution in [2.24, 2.45) is 0 Å². The van der Waals surface area contributed by atoms with Gasteiger partial charge in [0, 0.05) is 24.5 Å². The fourth-order valence-electron chi connectivity index (χ4n) is 1.76. The summed E-state index contributed by atoms with van der Waals surface area (Å²) in [6, 6.07) is 9.95. The molecule has 0 atom stereocenters. The lowest BCUT2D eigenvalue weighted by Crippen LogP contribution is -2.02. The second-order valence-electron chi connectivity index (χ2n) is 4.26. The average molecular weight is 270 g/mol. The number of pyridine rings is 1. The van der Waals surface area contributed by atoms with Gasteiger partial charge in [-0.15, -0.1) is 0 Å². The minimum absolute atomic E-state index is 0.00683. The highest BCUT2D eigenvalue weighted by Gasteiger charge is 2.08. The monoisotopic (exact) mass is 270 g/mol. The molecule has 2 N–H and O–H groups in total. The lowest BCUT2D eigenvalue weighted by atomic mass is 10.2. The summed E-state index contributed by atoms with van der Waals surface area (Å²) in [5, 5.41) is 15.2. The lowest BCUT2D eigenvalue weighted by Gasteiger charge is -2.10. The molecule has 2 rings (SSSR count). The molecule has 4 nitrogen and oxygen atoms in total. The Kier molecular flexibility index (Phi) is 4.51. The molecule has 1 aromatic heterocycles. The number of rotatable bonds is 5. The first-order valence-electron chi connectivity index (χ1n) is 6.40. The zero-order chi connectivity index (χ0) is 14.4. The molecule has 1 aromatic carbocycles. The van der Waals surface area contributed by atoms with Gasteiger partial charge in [0.1, 0.15) is 23.3 Å². The molecule has 1 heterocycles. The summed E-state index contributed by atoms with van der Waals surface area (Å²) in [7, 11) is 0. The Bertz CT molecular complexity index is 634. The summed E-state index contributed by atoms with van der Waals surface area (Å²) in [4.78, 5) is 4.19. The Hall–Kier alpha value is -2.61. The molecule has 2 aromatic rings. The fourth-order valence-corrected chi connectivity index (χ4v) is 1.76. The maximum atomic E-state index is 13.5. The Morgan fingerprint density at radius 1 is 1.35 bits per heavy atom. The average Bonchev–Trinajstić information content (AvgIpc) is 2.46. The van der Waals surface area contributed by atoms with Gasteiger partial charge in [0.15, 0.2) is 0 Å². The van der Waals surface area contributed by atoms with Crippen LogP contribution in [0, 0.1) is 17.1 Å². The fraction of sp³-hybridized carbons (Fsp3) is 0.200. The predicted octanol–water partition coefficient (Wildman–Crippen LogP) is 3.66. The molecule has 20 heavy (non-hydrogen) atoms. The number of anilines is 3. The van der Waals surface area contributed by atoms with Crippen LogP contribution in [-0.4, -0.2) is 11.5 Å². The van der Waals surface area contributed by atoms with Gasteiger partial charge in [0.2, 0.25) is 0 Å². The maximum absolute atomic E-state index is 13.5. The van der Waals surface area contributed by atoms with Crippen LogP contribution < -0.4 is 10.6 Å². The molecule has 0 aliphatic rings. The van der Waals surface area contributed by atoms with Gasteiger partial charge in [-0.3, -0.25) is 0 Å². The Morgan fingerprint density at radius 3 is 2.95 bits per heavy atom. The van der Waals surface area contributed by atoms with Crippen LogP contribution in [0.2, 0.25) is 0 Å². The molecule has 0 fully saturated rings. The van der Waals surface area contributed by atoms with E-state index in [-0.39, 0.29) is 5.56 Å². The molecule has 0 bridgehead atoms. The van der Waals surface area contributed by atoms with Crippen LogP contribution in [0.1, 0.15) is 18.9 Å². The van der Waals surface area contributed by atoms with Crippen LogP contribution in [-0.2, 0) is 0 Å². The third kappa shape index (κ3) is 3.23. The predicted molar refractivity (Wildman–Crippen MR) is 77.4 cm³/mol. The van der Waals surface area contributed by atoms with Crippen molar-refractivity contribution in [2.45, 2.75) is 13.3 Å². The molecule has 0 spiro atoms. The summed E-state index contributed by atoms with van der Waals surface area (Å²) >= 11 is 0. The number of nitrogens with one attached hydrogen (secondary N) is 2. The molecule has 5 heteroatoms. The third-order valence-corrected chi connectivity index (χ3v) is 2.72. The second-order valence-corrected chi connectivity index (χ2v) is 4.26. The normalized spacial score (nSPS) is 9.85. The van der Waals surface area contributed by atoms with Crippen molar-refractivity contribution in [3.8, 4) is 6.07 Å². The van der Waals surface area contributed by atoms with Gasteiger partial charge < -0.3 is 10.6 Å². The highest BCUT2D eigenvalue weighted by molar-refractivity contribution is 5.68. The zero-order valence-corrected chi connectivity index (χ0v) is 11.2. The smallest absolute Gasteiger partial charge is 0.143 e. The quantitative estimate of drug-likeness (QED) is 0.870. The van der Waals surface area contributed by atoms with E-state index in [1.165, 1.54) is 6.07 Å². The number of hydrogen-bond donors (Lipinski definition) is 2. The van der Waals surface area contributed by atoms with Gasteiger partial charge in [-0.25, -0.2) is 9.37 Å². The number of aromatic nitrogens is 1. The van der Waals surface area contributed by atoms with E-state index < -0.39 is 5.82 Å². The van der Waals surface area contributed by atoms with E-state index in [4.69, 9.17) is 5.26 Å². The van der Waals surface area contributed by atoms with Gasteiger partial charge in [-0.1, -0.05) is 13.0 Å². The highest BCUT2D eigenvalue weighted by atomic mass is 19.1. The van der Waals surface area contributed by atoms with Crippen molar-refractivity contribution in [3.05, 3.63) is 47.9 Å². The molecule has 0 saturated carbocycles. The van der Waals surface area contributed by atoms with Gasteiger partial charge in [0.05, 0.1) is 5.69 Å². The maximum Gasteiger partial charge on any atom is 0.143 e. The third-order valence-electron chi connectivity index (χ3n) is 2.72. The molecule has 0 radical (unpaired) electrons. The summed E-state index contributed by atoms with van der Waals surface area (Å²) < 4.78 is 13.5. The topological polar surface area (TPSA) is 60.7 Å². The van der Waals surface area contributed by atoms with Crippen LogP contribution in [0.5, 0.6) is 0 Å². The largest absolute Gasteiger partial charge is 0.370 e. The van der Waals surface area contributed by atoms with Crippen molar-refractivity contribution < 1.29 is 4.39 Å². The molecule has 102 valence electrons. The number of benzene rings is 1. The minimum Gasteiger partial charge on any atom is -0.370 e. The molecule has 0 saturated heterocycles. The van der Waals surface area contributed by atoms with Crippen LogP contribution in [0.15, 0.2) is 36.5 Å². The number of halogens is 1. The van der Waals surface area contributed by atoms with E-state index in [0.29, 0.717) is 5.69 Å². The van der Waals surface area contributed by atoms with E-state index in [9.17, 15) is 4.39 Å². The van der Waals surface area contributed by atoms with Crippen LogP contribution in [0.3, 0.4) is 0 Å². The Labute approximate surface area is 117 Å². The minimum atomic E-state index is -0.532. The lowest BCUT2D eigenvalue weighted by molar-refractivity contribution is 0.624. The van der Waals surface area contributed by atoms with Crippen molar-refractivity contribution in [1.82, 2.24) is 4.98 Å². The first-order valence-corrected chi connectivity index (χ1v) is 6.40.